The molecule has 140 valence electrons. The third-order valence-electron chi connectivity index (χ3n) is 5.85. The summed E-state index contributed by atoms with van der Waals surface area (Å²) in [7, 11) is 0. The van der Waals surface area contributed by atoms with Crippen molar-refractivity contribution in [1.82, 2.24) is 15.0 Å². The van der Waals surface area contributed by atoms with Crippen LogP contribution >= 0.6 is 15.9 Å². The highest BCUT2D eigenvalue weighted by Crippen LogP contribution is 2.42. The fourth-order valence-electron chi connectivity index (χ4n) is 4.52. The lowest BCUT2D eigenvalue weighted by atomic mass is 9.84. The van der Waals surface area contributed by atoms with E-state index in [0.717, 1.165) is 21.0 Å². The van der Waals surface area contributed by atoms with Crippen molar-refractivity contribution in [3.05, 3.63) is 106 Å². The predicted molar refractivity (Wildman–Crippen MR) is 124 cm³/mol. The second-order valence-electron chi connectivity index (χ2n) is 7.45. The summed E-state index contributed by atoms with van der Waals surface area (Å²) < 4.78 is 1.09. The number of fused-ring (bicyclic) bond motifs is 3. The van der Waals surface area contributed by atoms with Gasteiger partial charge in [-0.1, -0.05) is 52.3 Å². The largest absolute Gasteiger partial charge is 0.361 e. The first-order valence-electron chi connectivity index (χ1n) is 9.68. The SMILES string of the molecule is Brc1ccc2[nH]cc(C(c3c[nH]c4ccccc34)c3c[nH]c4ccccc34)c2c1. The maximum Gasteiger partial charge on any atom is 0.0457 e. The van der Waals surface area contributed by atoms with E-state index in [9.17, 15) is 0 Å². The second-order valence-corrected chi connectivity index (χ2v) is 8.36. The van der Waals surface area contributed by atoms with Crippen molar-refractivity contribution in [3.63, 3.8) is 0 Å². The van der Waals surface area contributed by atoms with Crippen LogP contribution < -0.4 is 0 Å². The third-order valence-corrected chi connectivity index (χ3v) is 6.34. The summed E-state index contributed by atoms with van der Waals surface area (Å²) in [5.41, 5.74) is 7.31. The van der Waals surface area contributed by atoms with Gasteiger partial charge in [0.1, 0.15) is 0 Å². The van der Waals surface area contributed by atoms with Crippen LogP contribution in [0.2, 0.25) is 0 Å². The number of halogens is 1. The molecule has 0 amide bonds. The maximum atomic E-state index is 3.65. The van der Waals surface area contributed by atoms with E-state index in [-0.39, 0.29) is 5.92 Å². The molecule has 0 fully saturated rings. The van der Waals surface area contributed by atoms with Crippen molar-refractivity contribution in [2.75, 3.05) is 0 Å². The van der Waals surface area contributed by atoms with Gasteiger partial charge in [0.25, 0.3) is 0 Å². The van der Waals surface area contributed by atoms with Crippen LogP contribution in [0.4, 0.5) is 0 Å². The van der Waals surface area contributed by atoms with Crippen LogP contribution in [0.25, 0.3) is 32.7 Å². The summed E-state index contributed by atoms with van der Waals surface area (Å²) in [4.78, 5) is 10.4. The van der Waals surface area contributed by atoms with Gasteiger partial charge in [-0.15, -0.1) is 0 Å². The zero-order valence-corrected chi connectivity index (χ0v) is 17.1. The van der Waals surface area contributed by atoms with Crippen LogP contribution in [-0.4, -0.2) is 15.0 Å². The summed E-state index contributed by atoms with van der Waals surface area (Å²) >= 11 is 3.65. The van der Waals surface area contributed by atoms with E-state index in [1.807, 2.05) is 0 Å². The van der Waals surface area contributed by atoms with Crippen molar-refractivity contribution < 1.29 is 0 Å². The number of rotatable bonds is 3. The molecular weight excluding hydrogens is 422 g/mol. The number of hydrogen-bond acceptors (Lipinski definition) is 0. The minimum absolute atomic E-state index is 0.102. The number of H-pyrrole nitrogens is 3. The molecule has 3 heterocycles. The Balaban J connectivity index is 1.70. The molecule has 0 spiro atoms. The molecule has 0 unspecified atom stereocenters. The highest BCUT2D eigenvalue weighted by Gasteiger charge is 2.25. The third kappa shape index (κ3) is 2.56. The monoisotopic (exact) mass is 439 g/mol. The van der Waals surface area contributed by atoms with Gasteiger partial charge >= 0.3 is 0 Å². The topological polar surface area (TPSA) is 47.4 Å². The van der Waals surface area contributed by atoms with Crippen LogP contribution in [-0.2, 0) is 0 Å². The lowest BCUT2D eigenvalue weighted by Crippen LogP contribution is -2.01. The summed E-state index contributed by atoms with van der Waals surface area (Å²) in [6, 6.07) is 23.5. The van der Waals surface area contributed by atoms with E-state index in [4.69, 9.17) is 0 Å². The zero-order chi connectivity index (χ0) is 19.4. The number of aromatic nitrogens is 3. The Hall–Kier alpha value is -3.24. The normalized spacial score (nSPS) is 11.9. The molecule has 0 atom stereocenters. The second kappa shape index (κ2) is 6.39. The number of nitrogens with one attached hydrogen (secondary N) is 3. The molecule has 0 aliphatic heterocycles. The molecule has 29 heavy (non-hydrogen) atoms. The smallest absolute Gasteiger partial charge is 0.0457 e. The lowest BCUT2D eigenvalue weighted by molar-refractivity contribution is 1.01. The van der Waals surface area contributed by atoms with Crippen LogP contribution in [0.15, 0.2) is 89.8 Å². The summed E-state index contributed by atoms with van der Waals surface area (Å²) in [5.74, 6) is 0.102. The minimum atomic E-state index is 0.102. The van der Waals surface area contributed by atoms with Crippen molar-refractivity contribution in [2.24, 2.45) is 0 Å². The molecule has 6 aromatic rings. The molecule has 0 radical (unpaired) electrons. The highest BCUT2D eigenvalue weighted by atomic mass is 79.9. The fraction of sp³-hybridized carbons (Fsp3) is 0.0400. The van der Waals surface area contributed by atoms with Crippen LogP contribution in [0.3, 0.4) is 0 Å². The molecule has 0 saturated carbocycles. The van der Waals surface area contributed by atoms with Gasteiger partial charge in [-0.3, -0.25) is 0 Å². The van der Waals surface area contributed by atoms with Gasteiger partial charge in [0.05, 0.1) is 0 Å². The molecular formula is C25H18BrN3. The lowest BCUT2D eigenvalue weighted by Gasteiger charge is -2.17. The Bertz CT molecular complexity index is 1410. The molecule has 0 aliphatic rings. The standard InChI is InChI=1S/C25H18BrN3/c26-15-9-10-24-18(11-15)21(14-29-24)25(19-12-27-22-7-3-1-5-16(19)22)20-13-28-23-8-4-2-6-17(20)23/h1-14,25,27-29H. The Morgan fingerprint density at radius 3 is 1.62 bits per heavy atom. The molecule has 0 bridgehead atoms. The van der Waals surface area contributed by atoms with Gasteiger partial charge in [-0.25, -0.2) is 0 Å². The quantitative estimate of drug-likeness (QED) is 0.264. The summed E-state index contributed by atoms with van der Waals surface area (Å²) in [5, 5.41) is 3.75. The zero-order valence-electron chi connectivity index (χ0n) is 15.5. The summed E-state index contributed by atoms with van der Waals surface area (Å²) in [6.45, 7) is 0. The average molecular weight is 440 g/mol. The first-order chi connectivity index (χ1) is 14.3. The van der Waals surface area contributed by atoms with E-state index >= 15 is 0 Å². The molecule has 3 aromatic heterocycles. The van der Waals surface area contributed by atoms with E-state index in [1.54, 1.807) is 0 Å². The molecule has 6 rings (SSSR count). The molecule has 3 N–H and O–H groups in total. The number of benzene rings is 3. The average Bonchev–Trinajstić information content (AvgIpc) is 3.47. The molecule has 3 aromatic carbocycles. The van der Waals surface area contributed by atoms with Gasteiger partial charge in [-0.2, -0.15) is 0 Å². The Morgan fingerprint density at radius 2 is 1.03 bits per heavy atom. The fourth-order valence-corrected chi connectivity index (χ4v) is 4.88. The Kier molecular flexibility index (Phi) is 3.68. The molecule has 0 aliphatic carbocycles. The van der Waals surface area contributed by atoms with Crippen molar-refractivity contribution in [2.45, 2.75) is 5.92 Å². The molecule has 0 saturated heterocycles. The van der Waals surface area contributed by atoms with Crippen LogP contribution in [0.5, 0.6) is 0 Å². The van der Waals surface area contributed by atoms with Crippen LogP contribution in [0.1, 0.15) is 22.6 Å². The maximum absolute atomic E-state index is 3.65. The van der Waals surface area contributed by atoms with E-state index in [2.05, 4.69) is 116 Å². The van der Waals surface area contributed by atoms with Gasteiger partial charge < -0.3 is 15.0 Å². The van der Waals surface area contributed by atoms with E-state index < -0.39 is 0 Å². The first kappa shape index (κ1) is 16.7. The predicted octanol–water partition coefficient (Wildman–Crippen LogP) is 7.07. The highest BCUT2D eigenvalue weighted by molar-refractivity contribution is 9.10. The Morgan fingerprint density at radius 1 is 0.552 bits per heavy atom. The number of para-hydroxylation sites is 2. The van der Waals surface area contributed by atoms with Crippen molar-refractivity contribution in [3.8, 4) is 0 Å². The number of hydrogen-bond donors (Lipinski definition) is 3. The van der Waals surface area contributed by atoms with Crippen LogP contribution in [0, 0.1) is 0 Å². The Labute approximate surface area is 175 Å². The van der Waals surface area contributed by atoms with Gasteiger partial charge in [0.15, 0.2) is 0 Å². The van der Waals surface area contributed by atoms with E-state index in [0.29, 0.717) is 0 Å². The van der Waals surface area contributed by atoms with Gasteiger partial charge in [0, 0.05) is 61.7 Å². The first-order valence-corrected chi connectivity index (χ1v) is 10.5. The van der Waals surface area contributed by atoms with E-state index in [1.165, 1.54) is 32.8 Å². The number of aromatic amines is 3. The molecule has 4 heteroatoms. The minimum Gasteiger partial charge on any atom is -0.361 e. The molecule has 3 nitrogen and oxygen atoms in total. The van der Waals surface area contributed by atoms with Gasteiger partial charge in [0.2, 0.25) is 0 Å². The van der Waals surface area contributed by atoms with Crippen molar-refractivity contribution >= 4 is 48.6 Å². The summed E-state index contributed by atoms with van der Waals surface area (Å²) in [6.07, 6.45) is 6.48. The van der Waals surface area contributed by atoms with Gasteiger partial charge in [-0.05, 0) is 47.0 Å². The van der Waals surface area contributed by atoms with Crippen molar-refractivity contribution in [1.29, 1.82) is 0 Å².